The molecule has 2 heterocycles. The first-order valence-electron chi connectivity index (χ1n) is 9.96. The second kappa shape index (κ2) is 9.41. The SMILES string of the molecule is CC(=O)NC[C@H]1CN(c2ccc(OCCN3[C@H](C)CNC[C@@H]3C)c(F)c2)C(=O)O1. The van der Waals surface area contributed by atoms with Crippen molar-refractivity contribution in [1.29, 1.82) is 0 Å². The van der Waals surface area contributed by atoms with Crippen LogP contribution in [0, 0.1) is 5.82 Å². The summed E-state index contributed by atoms with van der Waals surface area (Å²) in [5.74, 6) is -0.565. The first-order chi connectivity index (χ1) is 13.8. The fourth-order valence-electron chi connectivity index (χ4n) is 3.74. The van der Waals surface area contributed by atoms with Gasteiger partial charge in [0.25, 0.3) is 0 Å². The summed E-state index contributed by atoms with van der Waals surface area (Å²) in [6.45, 7) is 9.15. The minimum atomic E-state index is -0.560. The van der Waals surface area contributed by atoms with Gasteiger partial charge in [-0.05, 0) is 26.0 Å². The highest BCUT2D eigenvalue weighted by molar-refractivity contribution is 5.89. The van der Waals surface area contributed by atoms with E-state index in [1.165, 1.54) is 24.0 Å². The van der Waals surface area contributed by atoms with E-state index in [4.69, 9.17) is 9.47 Å². The zero-order valence-corrected chi connectivity index (χ0v) is 17.1. The summed E-state index contributed by atoms with van der Waals surface area (Å²) in [5.41, 5.74) is 0.398. The second-order valence-corrected chi connectivity index (χ2v) is 7.61. The van der Waals surface area contributed by atoms with Crippen LogP contribution in [0.4, 0.5) is 14.9 Å². The molecular weight excluding hydrogens is 379 g/mol. The summed E-state index contributed by atoms with van der Waals surface area (Å²) < 4.78 is 25.4. The van der Waals surface area contributed by atoms with Gasteiger partial charge in [0.1, 0.15) is 12.7 Å². The fourth-order valence-corrected chi connectivity index (χ4v) is 3.74. The van der Waals surface area contributed by atoms with Crippen LogP contribution in [0.15, 0.2) is 18.2 Å². The molecule has 0 spiro atoms. The number of amides is 2. The second-order valence-electron chi connectivity index (χ2n) is 7.61. The monoisotopic (exact) mass is 408 g/mol. The fraction of sp³-hybridized carbons (Fsp3) is 0.600. The Morgan fingerprint density at radius 1 is 1.34 bits per heavy atom. The lowest BCUT2D eigenvalue weighted by Gasteiger charge is -2.39. The standard InChI is InChI=1S/C20H29FN4O4/c1-13-9-22-10-14(2)24(13)6-7-28-19-5-4-16(8-18(19)21)25-12-17(29-20(25)27)11-23-15(3)26/h4-5,8,13-14,17,22H,6-7,9-12H2,1-3H3,(H,23,26)/t13-,14+,17-/m0/s1. The number of ether oxygens (including phenoxy) is 2. The molecule has 2 saturated heterocycles. The van der Waals surface area contributed by atoms with Crippen LogP contribution >= 0.6 is 0 Å². The molecule has 29 heavy (non-hydrogen) atoms. The number of nitrogens with one attached hydrogen (secondary N) is 2. The highest BCUT2D eigenvalue weighted by atomic mass is 19.1. The molecular formula is C20H29FN4O4. The van der Waals surface area contributed by atoms with Crippen LogP contribution in [0.2, 0.25) is 0 Å². The summed E-state index contributed by atoms with van der Waals surface area (Å²) >= 11 is 0. The summed E-state index contributed by atoms with van der Waals surface area (Å²) in [5, 5.41) is 5.99. The summed E-state index contributed by atoms with van der Waals surface area (Å²) in [6, 6.07) is 5.25. The number of nitrogens with zero attached hydrogens (tertiary/aromatic N) is 2. The van der Waals surface area contributed by atoms with Crippen molar-refractivity contribution in [3.63, 3.8) is 0 Å². The third-order valence-corrected chi connectivity index (χ3v) is 5.30. The van der Waals surface area contributed by atoms with Gasteiger partial charge in [-0.3, -0.25) is 14.6 Å². The Balaban J connectivity index is 1.54. The zero-order chi connectivity index (χ0) is 21.0. The number of piperazine rings is 1. The largest absolute Gasteiger partial charge is 0.489 e. The number of anilines is 1. The van der Waals surface area contributed by atoms with Crippen molar-refractivity contribution >= 4 is 17.7 Å². The summed E-state index contributed by atoms with van der Waals surface area (Å²) in [4.78, 5) is 26.8. The lowest BCUT2D eigenvalue weighted by atomic mass is 10.1. The van der Waals surface area contributed by atoms with E-state index in [1.54, 1.807) is 6.07 Å². The molecule has 2 amide bonds. The van der Waals surface area contributed by atoms with Crippen LogP contribution in [0.1, 0.15) is 20.8 Å². The van der Waals surface area contributed by atoms with Gasteiger partial charge in [0, 0.05) is 44.7 Å². The normalized spacial score (nSPS) is 25.0. The van der Waals surface area contributed by atoms with Gasteiger partial charge in [0.2, 0.25) is 5.91 Å². The van der Waals surface area contributed by atoms with E-state index >= 15 is 0 Å². The molecule has 0 unspecified atom stereocenters. The number of cyclic esters (lactones) is 1. The Bertz CT molecular complexity index is 737. The van der Waals surface area contributed by atoms with Gasteiger partial charge in [-0.1, -0.05) is 0 Å². The molecule has 9 heteroatoms. The smallest absolute Gasteiger partial charge is 0.414 e. The van der Waals surface area contributed by atoms with Crippen molar-refractivity contribution in [3.8, 4) is 5.75 Å². The van der Waals surface area contributed by atoms with Gasteiger partial charge in [-0.2, -0.15) is 0 Å². The van der Waals surface area contributed by atoms with Crippen molar-refractivity contribution < 1.29 is 23.5 Å². The average molecular weight is 408 g/mol. The molecule has 1 aromatic rings. The molecule has 0 bridgehead atoms. The number of halogens is 1. The van der Waals surface area contributed by atoms with Crippen LogP contribution in [0.3, 0.4) is 0 Å². The maximum Gasteiger partial charge on any atom is 0.414 e. The van der Waals surface area contributed by atoms with Crippen LogP contribution in [-0.2, 0) is 9.53 Å². The van der Waals surface area contributed by atoms with Gasteiger partial charge in [0.05, 0.1) is 18.8 Å². The average Bonchev–Trinajstić information content (AvgIpc) is 3.04. The number of hydrogen-bond acceptors (Lipinski definition) is 6. The predicted octanol–water partition coefficient (Wildman–Crippen LogP) is 1.35. The lowest BCUT2D eigenvalue weighted by Crippen LogP contribution is -2.55. The minimum absolute atomic E-state index is 0.159. The zero-order valence-electron chi connectivity index (χ0n) is 17.1. The number of carbonyl (C=O) groups is 2. The topological polar surface area (TPSA) is 83.1 Å². The van der Waals surface area contributed by atoms with E-state index in [0.717, 1.165) is 13.1 Å². The molecule has 3 rings (SSSR count). The Labute approximate surface area is 170 Å². The predicted molar refractivity (Wildman–Crippen MR) is 107 cm³/mol. The molecule has 0 aliphatic carbocycles. The molecule has 0 saturated carbocycles. The maximum atomic E-state index is 14.5. The number of hydrogen-bond donors (Lipinski definition) is 2. The van der Waals surface area contributed by atoms with Crippen LogP contribution in [0.5, 0.6) is 5.75 Å². The van der Waals surface area contributed by atoms with Crippen LogP contribution < -0.4 is 20.3 Å². The Morgan fingerprint density at radius 2 is 2.07 bits per heavy atom. The highest BCUT2D eigenvalue weighted by Gasteiger charge is 2.32. The highest BCUT2D eigenvalue weighted by Crippen LogP contribution is 2.27. The third-order valence-electron chi connectivity index (χ3n) is 5.30. The van der Waals surface area contributed by atoms with Gasteiger partial charge >= 0.3 is 6.09 Å². The molecule has 2 aliphatic rings. The van der Waals surface area contributed by atoms with E-state index in [2.05, 4.69) is 29.4 Å². The van der Waals surface area contributed by atoms with E-state index in [9.17, 15) is 14.0 Å². The first-order valence-corrected chi connectivity index (χ1v) is 9.96. The number of rotatable bonds is 7. The Morgan fingerprint density at radius 3 is 2.72 bits per heavy atom. The van der Waals surface area contributed by atoms with Crippen molar-refractivity contribution in [2.45, 2.75) is 39.0 Å². The molecule has 1 aromatic carbocycles. The molecule has 8 nitrogen and oxygen atoms in total. The van der Waals surface area contributed by atoms with Gasteiger partial charge in [-0.25, -0.2) is 9.18 Å². The molecule has 2 N–H and O–H groups in total. The lowest BCUT2D eigenvalue weighted by molar-refractivity contribution is -0.119. The number of carbonyl (C=O) groups excluding carboxylic acids is 2. The van der Waals surface area contributed by atoms with Crippen molar-refractivity contribution in [3.05, 3.63) is 24.0 Å². The van der Waals surface area contributed by atoms with E-state index in [0.29, 0.717) is 30.9 Å². The summed E-state index contributed by atoms with van der Waals surface area (Å²) in [6.07, 6.45) is -1.02. The van der Waals surface area contributed by atoms with Crippen LogP contribution in [-0.4, -0.2) is 74.4 Å². The van der Waals surface area contributed by atoms with Crippen LogP contribution in [0.25, 0.3) is 0 Å². The molecule has 0 radical (unpaired) electrons. The molecule has 160 valence electrons. The molecule has 2 aliphatic heterocycles. The van der Waals surface area contributed by atoms with E-state index in [1.807, 2.05) is 0 Å². The molecule has 3 atom stereocenters. The first kappa shape index (κ1) is 21.3. The maximum absolute atomic E-state index is 14.5. The van der Waals surface area contributed by atoms with Crippen molar-refractivity contribution in [1.82, 2.24) is 15.5 Å². The van der Waals surface area contributed by atoms with E-state index in [-0.39, 0.29) is 24.7 Å². The molecule has 2 fully saturated rings. The third kappa shape index (κ3) is 5.36. The van der Waals surface area contributed by atoms with Gasteiger partial charge in [-0.15, -0.1) is 0 Å². The van der Waals surface area contributed by atoms with Crippen molar-refractivity contribution in [2.24, 2.45) is 0 Å². The minimum Gasteiger partial charge on any atom is -0.489 e. The van der Waals surface area contributed by atoms with Gasteiger partial charge in [0.15, 0.2) is 11.6 Å². The quantitative estimate of drug-likeness (QED) is 0.709. The van der Waals surface area contributed by atoms with E-state index < -0.39 is 18.0 Å². The Kier molecular flexibility index (Phi) is 6.92. The summed E-state index contributed by atoms with van der Waals surface area (Å²) in [7, 11) is 0. The van der Waals surface area contributed by atoms with Crippen molar-refractivity contribution in [2.75, 3.05) is 44.2 Å². The molecule has 0 aromatic heterocycles. The van der Waals surface area contributed by atoms with Gasteiger partial charge < -0.3 is 20.1 Å². The Hall–Kier alpha value is -2.39. The number of benzene rings is 1.